The van der Waals surface area contributed by atoms with Crippen molar-refractivity contribution >= 4 is 34.5 Å². The summed E-state index contributed by atoms with van der Waals surface area (Å²) >= 11 is 1.81. The van der Waals surface area contributed by atoms with Gasteiger partial charge in [-0.25, -0.2) is 5.43 Å². The highest BCUT2D eigenvalue weighted by Gasteiger charge is 2.17. The number of fused-ring (bicyclic) bond motifs is 2. The van der Waals surface area contributed by atoms with E-state index in [1.54, 1.807) is 0 Å². The maximum atomic E-state index is 3.51. The summed E-state index contributed by atoms with van der Waals surface area (Å²) in [6.45, 7) is 0. The van der Waals surface area contributed by atoms with E-state index in [-0.39, 0.29) is 0 Å². The average molecular weight is 300 g/mol. The molecule has 2 N–H and O–H groups in total. The molecule has 0 radical (unpaired) electrons. The summed E-state index contributed by atoms with van der Waals surface area (Å²) < 4.78 is 0. The smallest absolute Gasteiger partial charge is 0.0529 e. The number of nitrogens with one attached hydrogen (secondary N) is 2. The molecule has 0 unspecified atom stereocenters. The molecule has 0 bridgehead atoms. The van der Waals surface area contributed by atoms with Crippen LogP contribution >= 0.6 is 11.8 Å². The van der Waals surface area contributed by atoms with Gasteiger partial charge < -0.3 is 15.2 Å². The predicted molar refractivity (Wildman–Crippen MR) is 92.1 cm³/mol. The second-order valence-corrected chi connectivity index (χ2v) is 6.35. The van der Waals surface area contributed by atoms with Gasteiger partial charge in [0.25, 0.3) is 0 Å². The third-order valence-corrected chi connectivity index (χ3v) is 4.77. The van der Waals surface area contributed by atoms with Crippen LogP contribution in [0, 0.1) is 0 Å². The van der Waals surface area contributed by atoms with Crippen molar-refractivity contribution < 1.29 is 0 Å². The summed E-state index contributed by atoms with van der Waals surface area (Å²) in [6.07, 6.45) is 0. The molecule has 0 saturated carbocycles. The van der Waals surface area contributed by atoms with Crippen LogP contribution in [0.2, 0.25) is 0 Å². The van der Waals surface area contributed by atoms with Gasteiger partial charge in [0.15, 0.2) is 0 Å². The van der Waals surface area contributed by atoms with Crippen LogP contribution in [-0.4, -0.2) is 28.2 Å². The lowest BCUT2D eigenvalue weighted by Gasteiger charge is -2.25. The van der Waals surface area contributed by atoms with Gasteiger partial charge in [-0.2, -0.15) is 0 Å². The van der Waals surface area contributed by atoms with E-state index in [9.17, 15) is 0 Å². The zero-order valence-electron chi connectivity index (χ0n) is 12.8. The van der Waals surface area contributed by atoms with Gasteiger partial charge >= 0.3 is 0 Å². The molecule has 1 aliphatic heterocycles. The third kappa shape index (κ3) is 2.66. The second-order valence-electron chi connectivity index (χ2n) is 5.27. The van der Waals surface area contributed by atoms with Crippen LogP contribution in [0.1, 0.15) is 0 Å². The molecule has 110 valence electrons. The van der Waals surface area contributed by atoms with Gasteiger partial charge in [-0.1, -0.05) is 11.8 Å². The number of hydrogen-bond donors (Lipinski definition) is 2. The molecular weight excluding hydrogens is 280 g/mol. The fourth-order valence-electron chi connectivity index (χ4n) is 2.28. The molecule has 0 spiro atoms. The fourth-order valence-corrected chi connectivity index (χ4v) is 3.33. The molecule has 4 nitrogen and oxygen atoms in total. The highest BCUT2D eigenvalue weighted by molar-refractivity contribution is 7.99. The Morgan fingerprint density at radius 1 is 0.905 bits per heavy atom. The Kier molecular flexibility index (Phi) is 3.69. The Balaban J connectivity index is 1.96. The maximum Gasteiger partial charge on any atom is 0.0529 e. The normalized spacial score (nSPS) is 12.2. The molecular formula is C16H20N4S. The van der Waals surface area contributed by atoms with Crippen molar-refractivity contribution in [2.75, 3.05) is 43.4 Å². The first-order valence-electron chi connectivity index (χ1n) is 6.90. The number of rotatable bonds is 3. The van der Waals surface area contributed by atoms with Crippen LogP contribution in [0.5, 0.6) is 0 Å². The summed E-state index contributed by atoms with van der Waals surface area (Å²) in [5.74, 6) is 0. The van der Waals surface area contributed by atoms with E-state index < -0.39 is 0 Å². The van der Waals surface area contributed by atoms with E-state index >= 15 is 0 Å². The van der Waals surface area contributed by atoms with Crippen molar-refractivity contribution in [3.8, 4) is 0 Å². The monoisotopic (exact) mass is 300 g/mol. The van der Waals surface area contributed by atoms with Crippen molar-refractivity contribution in [2.24, 2.45) is 0 Å². The summed E-state index contributed by atoms with van der Waals surface area (Å²) in [6, 6.07) is 13.0. The van der Waals surface area contributed by atoms with Crippen LogP contribution in [0.15, 0.2) is 46.2 Å². The number of hydrogen-bond acceptors (Lipinski definition) is 5. The van der Waals surface area contributed by atoms with E-state index in [1.165, 1.54) is 26.9 Å². The van der Waals surface area contributed by atoms with Crippen molar-refractivity contribution in [1.82, 2.24) is 5.43 Å². The van der Waals surface area contributed by atoms with E-state index in [0.29, 0.717) is 0 Å². The minimum absolute atomic E-state index is 1.15. The molecule has 0 amide bonds. The van der Waals surface area contributed by atoms with Crippen molar-refractivity contribution in [2.45, 2.75) is 9.79 Å². The van der Waals surface area contributed by atoms with E-state index in [1.807, 2.05) is 30.9 Å². The molecule has 0 aromatic heterocycles. The van der Waals surface area contributed by atoms with Crippen LogP contribution in [0.3, 0.4) is 0 Å². The standard InChI is InChI=1S/C16H20N4S/c1-17-20(4)12-6-8-14-16(10-12)21-15-9-11(19(2)3)5-7-13(15)18-14/h5-10,17-18H,1-4H3. The lowest BCUT2D eigenvalue weighted by molar-refractivity contribution is 0.790. The molecule has 1 heterocycles. The van der Waals surface area contributed by atoms with Crippen molar-refractivity contribution in [3.05, 3.63) is 36.4 Å². The van der Waals surface area contributed by atoms with Crippen molar-refractivity contribution in [3.63, 3.8) is 0 Å². The van der Waals surface area contributed by atoms with Gasteiger partial charge in [0.1, 0.15) is 0 Å². The Morgan fingerprint density at radius 3 is 2.05 bits per heavy atom. The Bertz CT molecular complexity index is 669. The Hall–Kier alpha value is -1.85. The van der Waals surface area contributed by atoms with Crippen LogP contribution in [-0.2, 0) is 0 Å². The average Bonchev–Trinajstić information content (AvgIpc) is 2.50. The number of hydrazine groups is 1. The molecule has 0 atom stereocenters. The fraction of sp³-hybridized carbons (Fsp3) is 0.250. The largest absolute Gasteiger partial charge is 0.378 e. The highest BCUT2D eigenvalue weighted by atomic mass is 32.2. The second kappa shape index (κ2) is 5.50. The summed E-state index contributed by atoms with van der Waals surface area (Å²) in [5, 5.41) is 5.52. The topological polar surface area (TPSA) is 30.5 Å². The summed E-state index contributed by atoms with van der Waals surface area (Å²) in [7, 11) is 8.07. The lowest BCUT2D eigenvalue weighted by atomic mass is 10.2. The van der Waals surface area contributed by atoms with Gasteiger partial charge in [-0.3, -0.25) is 0 Å². The quantitative estimate of drug-likeness (QED) is 0.723. The molecule has 0 fully saturated rings. The first-order chi connectivity index (χ1) is 10.1. The maximum absolute atomic E-state index is 3.51. The van der Waals surface area contributed by atoms with Crippen molar-refractivity contribution in [1.29, 1.82) is 0 Å². The number of anilines is 4. The van der Waals surface area contributed by atoms with E-state index in [4.69, 9.17) is 0 Å². The minimum Gasteiger partial charge on any atom is -0.378 e. The van der Waals surface area contributed by atoms with Gasteiger partial charge in [0.2, 0.25) is 0 Å². The molecule has 0 saturated heterocycles. The molecule has 21 heavy (non-hydrogen) atoms. The number of nitrogens with zero attached hydrogens (tertiary/aromatic N) is 2. The van der Waals surface area contributed by atoms with Crippen LogP contribution < -0.4 is 20.7 Å². The lowest BCUT2D eigenvalue weighted by Crippen LogP contribution is -2.30. The van der Waals surface area contributed by atoms with Gasteiger partial charge in [0, 0.05) is 43.7 Å². The SMILES string of the molecule is CNN(C)c1ccc2c(c1)Sc1cc(N(C)C)ccc1N2. The molecule has 2 aromatic carbocycles. The molecule has 3 rings (SSSR count). The summed E-state index contributed by atoms with van der Waals surface area (Å²) in [5.41, 5.74) is 7.84. The molecule has 5 heteroatoms. The number of benzene rings is 2. The van der Waals surface area contributed by atoms with Crippen LogP contribution in [0.25, 0.3) is 0 Å². The van der Waals surface area contributed by atoms with Gasteiger partial charge in [0.05, 0.1) is 17.1 Å². The first kappa shape index (κ1) is 14.1. The van der Waals surface area contributed by atoms with Crippen LogP contribution in [0.4, 0.5) is 22.7 Å². The molecule has 1 aliphatic rings. The summed E-state index contributed by atoms with van der Waals surface area (Å²) in [4.78, 5) is 4.64. The molecule has 0 aliphatic carbocycles. The first-order valence-corrected chi connectivity index (χ1v) is 7.71. The van der Waals surface area contributed by atoms with E-state index in [0.717, 1.165) is 5.69 Å². The predicted octanol–water partition coefficient (Wildman–Crippen LogP) is 3.53. The third-order valence-electron chi connectivity index (χ3n) is 3.66. The van der Waals surface area contributed by atoms with Gasteiger partial charge in [-0.15, -0.1) is 0 Å². The Morgan fingerprint density at radius 2 is 1.48 bits per heavy atom. The van der Waals surface area contributed by atoms with Gasteiger partial charge in [-0.05, 0) is 36.4 Å². The zero-order chi connectivity index (χ0) is 15.0. The minimum atomic E-state index is 1.15. The molecule has 2 aromatic rings. The van der Waals surface area contributed by atoms with E-state index in [2.05, 4.69) is 66.1 Å². The zero-order valence-corrected chi connectivity index (χ0v) is 13.6. The highest BCUT2D eigenvalue weighted by Crippen LogP contribution is 2.46. The Labute approximate surface area is 130 Å².